The molecule has 8 heteroatoms. The molecule has 1 heterocycles. The Labute approximate surface area is 157 Å². The Morgan fingerprint density at radius 2 is 1.69 bits per heavy atom. The predicted octanol–water partition coefficient (Wildman–Crippen LogP) is 5.97. The van der Waals surface area contributed by atoms with Gasteiger partial charge in [-0.15, -0.1) is 0 Å². The molecule has 0 N–H and O–H groups in total. The third kappa shape index (κ3) is 4.26. The molecule has 0 saturated carbocycles. The Hall–Kier alpha value is -2.31. The molecule has 0 aliphatic carbocycles. The van der Waals surface area contributed by atoms with Crippen molar-refractivity contribution in [3.05, 3.63) is 87.9 Å². The van der Waals surface area contributed by atoms with Gasteiger partial charge in [0.1, 0.15) is 12.1 Å². The van der Waals surface area contributed by atoms with Crippen LogP contribution in [0.15, 0.2) is 61.2 Å². The Balaban J connectivity index is 2.02. The van der Waals surface area contributed by atoms with Gasteiger partial charge in [-0.1, -0.05) is 35.3 Å². The van der Waals surface area contributed by atoms with E-state index in [1.807, 2.05) is 0 Å². The monoisotopic (exact) mass is 398 g/mol. The summed E-state index contributed by atoms with van der Waals surface area (Å²) in [6.07, 6.45) is -0.909. The van der Waals surface area contributed by atoms with Crippen LogP contribution in [0.4, 0.5) is 13.2 Å². The van der Waals surface area contributed by atoms with E-state index in [9.17, 15) is 13.2 Å². The first kappa shape index (κ1) is 18.5. The number of aromatic nitrogens is 2. The number of rotatable bonds is 4. The molecule has 0 aliphatic rings. The number of hydrogen-bond acceptors (Lipinski definition) is 3. The maximum atomic E-state index is 12.9. The molecular formula is C18H11Cl2F3N2O. The molecular weight excluding hydrogens is 388 g/mol. The maximum absolute atomic E-state index is 12.9. The van der Waals surface area contributed by atoms with Gasteiger partial charge in [0.15, 0.2) is 6.10 Å². The lowest BCUT2D eigenvalue weighted by atomic mass is 10.0. The third-order valence-electron chi connectivity index (χ3n) is 3.54. The second-order valence-corrected chi connectivity index (χ2v) is 6.20. The highest BCUT2D eigenvalue weighted by Gasteiger charge is 2.31. The van der Waals surface area contributed by atoms with Gasteiger partial charge in [0.2, 0.25) is 0 Å². The molecule has 0 saturated heterocycles. The first-order chi connectivity index (χ1) is 12.3. The van der Waals surface area contributed by atoms with Crippen LogP contribution in [0.3, 0.4) is 0 Å². The molecule has 26 heavy (non-hydrogen) atoms. The lowest BCUT2D eigenvalue weighted by Crippen LogP contribution is -2.12. The molecule has 134 valence electrons. The molecule has 3 rings (SSSR count). The van der Waals surface area contributed by atoms with Gasteiger partial charge in [0.25, 0.3) is 0 Å². The minimum atomic E-state index is -4.47. The molecule has 0 spiro atoms. The molecule has 0 bridgehead atoms. The largest absolute Gasteiger partial charge is 0.481 e. The van der Waals surface area contributed by atoms with E-state index in [0.717, 1.165) is 12.1 Å². The summed E-state index contributed by atoms with van der Waals surface area (Å²) in [5.74, 6) is 0.0414. The summed E-state index contributed by atoms with van der Waals surface area (Å²) in [5, 5.41) is 0.749. The number of benzene rings is 2. The SMILES string of the molecule is FC(F)(F)c1cccc(OC(c2cncnc2)c2ccc(Cl)cc2Cl)c1. The van der Waals surface area contributed by atoms with E-state index >= 15 is 0 Å². The van der Waals surface area contributed by atoms with Crippen LogP contribution in [0, 0.1) is 0 Å². The fourth-order valence-corrected chi connectivity index (χ4v) is 2.86. The van der Waals surface area contributed by atoms with E-state index in [1.165, 1.54) is 36.9 Å². The molecule has 1 aromatic heterocycles. The Bertz CT molecular complexity index is 904. The van der Waals surface area contributed by atoms with Crippen LogP contribution in [0.2, 0.25) is 10.0 Å². The second-order valence-electron chi connectivity index (χ2n) is 5.36. The molecule has 0 aliphatic heterocycles. The minimum absolute atomic E-state index is 0.0414. The zero-order chi connectivity index (χ0) is 18.7. The summed E-state index contributed by atoms with van der Waals surface area (Å²) in [7, 11) is 0. The number of alkyl halides is 3. The van der Waals surface area contributed by atoms with Crippen molar-refractivity contribution in [3.63, 3.8) is 0 Å². The summed E-state index contributed by atoms with van der Waals surface area (Å²) in [5.41, 5.74) is 0.262. The van der Waals surface area contributed by atoms with Crippen molar-refractivity contribution in [3.8, 4) is 5.75 Å². The normalized spacial score (nSPS) is 12.7. The summed E-state index contributed by atoms with van der Waals surface area (Å²) in [4.78, 5) is 7.87. The summed E-state index contributed by atoms with van der Waals surface area (Å²) < 4.78 is 44.7. The van der Waals surface area contributed by atoms with E-state index < -0.39 is 17.8 Å². The van der Waals surface area contributed by atoms with Gasteiger partial charge in [-0.05, 0) is 30.3 Å². The van der Waals surface area contributed by atoms with Crippen LogP contribution >= 0.6 is 23.2 Å². The van der Waals surface area contributed by atoms with Gasteiger partial charge in [0, 0.05) is 33.6 Å². The van der Waals surface area contributed by atoms with Gasteiger partial charge >= 0.3 is 6.18 Å². The summed E-state index contributed by atoms with van der Waals surface area (Å²) in [6.45, 7) is 0. The molecule has 3 aromatic rings. The minimum Gasteiger partial charge on any atom is -0.481 e. The van der Waals surface area contributed by atoms with E-state index in [-0.39, 0.29) is 5.75 Å². The molecule has 0 amide bonds. The Morgan fingerprint density at radius 3 is 2.35 bits per heavy atom. The molecule has 1 atom stereocenters. The van der Waals surface area contributed by atoms with Crippen molar-refractivity contribution in [2.24, 2.45) is 0 Å². The molecule has 0 radical (unpaired) electrons. The summed E-state index contributed by atoms with van der Waals surface area (Å²) >= 11 is 12.2. The first-order valence-electron chi connectivity index (χ1n) is 7.38. The van der Waals surface area contributed by atoms with Crippen LogP contribution in [0.1, 0.15) is 22.8 Å². The van der Waals surface area contributed by atoms with Crippen molar-refractivity contribution in [1.29, 1.82) is 0 Å². The number of ether oxygens (including phenoxy) is 1. The second kappa shape index (κ2) is 7.51. The van der Waals surface area contributed by atoms with Crippen LogP contribution in [-0.2, 0) is 6.18 Å². The third-order valence-corrected chi connectivity index (χ3v) is 4.11. The Kier molecular flexibility index (Phi) is 5.34. The smallest absolute Gasteiger partial charge is 0.416 e. The first-order valence-corrected chi connectivity index (χ1v) is 8.14. The highest BCUT2D eigenvalue weighted by Crippen LogP contribution is 2.36. The molecule has 0 fully saturated rings. The van der Waals surface area contributed by atoms with Gasteiger partial charge in [-0.25, -0.2) is 9.97 Å². The number of halogens is 5. The molecule has 2 aromatic carbocycles. The summed E-state index contributed by atoms with van der Waals surface area (Å²) in [6, 6.07) is 9.43. The van der Waals surface area contributed by atoms with E-state index in [1.54, 1.807) is 12.1 Å². The van der Waals surface area contributed by atoms with Gasteiger partial charge in [-0.3, -0.25) is 0 Å². The van der Waals surface area contributed by atoms with E-state index in [4.69, 9.17) is 27.9 Å². The van der Waals surface area contributed by atoms with Crippen molar-refractivity contribution >= 4 is 23.2 Å². The van der Waals surface area contributed by atoms with Crippen molar-refractivity contribution < 1.29 is 17.9 Å². The molecule has 1 unspecified atom stereocenters. The van der Waals surface area contributed by atoms with Crippen LogP contribution in [0.25, 0.3) is 0 Å². The van der Waals surface area contributed by atoms with Crippen molar-refractivity contribution in [1.82, 2.24) is 9.97 Å². The topological polar surface area (TPSA) is 35.0 Å². The quantitative estimate of drug-likeness (QED) is 0.542. The standard InChI is InChI=1S/C18H11Cl2F3N2O/c19-13-4-5-15(16(20)7-13)17(11-8-24-10-25-9-11)26-14-3-1-2-12(6-14)18(21,22)23/h1-10,17H. The van der Waals surface area contributed by atoms with Crippen LogP contribution in [0.5, 0.6) is 5.75 Å². The fourth-order valence-electron chi connectivity index (χ4n) is 2.35. The van der Waals surface area contributed by atoms with Crippen LogP contribution in [-0.4, -0.2) is 9.97 Å². The van der Waals surface area contributed by atoms with Crippen molar-refractivity contribution in [2.75, 3.05) is 0 Å². The van der Waals surface area contributed by atoms with Gasteiger partial charge in [0.05, 0.1) is 5.56 Å². The zero-order valence-electron chi connectivity index (χ0n) is 13.0. The lowest BCUT2D eigenvalue weighted by molar-refractivity contribution is -0.137. The zero-order valence-corrected chi connectivity index (χ0v) is 14.6. The van der Waals surface area contributed by atoms with Gasteiger partial charge in [-0.2, -0.15) is 13.2 Å². The average molecular weight is 399 g/mol. The average Bonchev–Trinajstić information content (AvgIpc) is 2.60. The maximum Gasteiger partial charge on any atom is 0.416 e. The van der Waals surface area contributed by atoms with E-state index in [2.05, 4.69) is 9.97 Å². The highest BCUT2D eigenvalue weighted by atomic mass is 35.5. The number of nitrogens with zero attached hydrogens (tertiary/aromatic N) is 2. The Morgan fingerprint density at radius 1 is 0.962 bits per heavy atom. The lowest BCUT2D eigenvalue weighted by Gasteiger charge is -2.21. The highest BCUT2D eigenvalue weighted by molar-refractivity contribution is 6.35. The fraction of sp³-hybridized carbons (Fsp3) is 0.111. The predicted molar refractivity (Wildman–Crippen MR) is 92.4 cm³/mol. The van der Waals surface area contributed by atoms with Crippen LogP contribution < -0.4 is 4.74 Å². The van der Waals surface area contributed by atoms with E-state index in [0.29, 0.717) is 21.2 Å². The van der Waals surface area contributed by atoms with Crippen molar-refractivity contribution in [2.45, 2.75) is 12.3 Å². The molecule has 3 nitrogen and oxygen atoms in total. The number of hydrogen-bond donors (Lipinski definition) is 0. The van der Waals surface area contributed by atoms with Gasteiger partial charge < -0.3 is 4.74 Å².